The van der Waals surface area contributed by atoms with Crippen LogP contribution in [0.25, 0.3) is 0 Å². The first-order valence-corrected chi connectivity index (χ1v) is 5.11. The zero-order valence-corrected chi connectivity index (χ0v) is 9.56. The van der Waals surface area contributed by atoms with Crippen molar-refractivity contribution in [3.63, 3.8) is 0 Å². The monoisotopic (exact) mass is 246 g/mol. The summed E-state index contributed by atoms with van der Waals surface area (Å²) in [6, 6.07) is 3.93. The van der Waals surface area contributed by atoms with Crippen LogP contribution in [0.2, 0.25) is 0 Å². The molecule has 5 heteroatoms. The molecule has 0 fully saturated rings. The van der Waals surface area contributed by atoms with Gasteiger partial charge in [0.25, 0.3) is 0 Å². The highest BCUT2D eigenvalue weighted by atomic mass is 16.4. The minimum absolute atomic E-state index is 0.0178. The van der Waals surface area contributed by atoms with Gasteiger partial charge in [0.05, 0.1) is 11.1 Å². The molecule has 2 N–H and O–H groups in total. The lowest BCUT2D eigenvalue weighted by molar-refractivity contribution is -0.113. The lowest BCUT2D eigenvalue weighted by Gasteiger charge is -2.03. The van der Waals surface area contributed by atoms with Crippen molar-refractivity contribution in [1.29, 1.82) is 0 Å². The van der Waals surface area contributed by atoms with Gasteiger partial charge in [0.1, 0.15) is 0 Å². The van der Waals surface area contributed by atoms with Crippen molar-refractivity contribution in [2.45, 2.75) is 13.3 Å². The van der Waals surface area contributed by atoms with Crippen LogP contribution in [0, 0.1) is 11.8 Å². The molecule has 0 aromatic heterocycles. The molecule has 0 spiro atoms. The molecule has 1 aromatic rings. The molecule has 0 heterocycles. The summed E-state index contributed by atoms with van der Waals surface area (Å²) < 4.78 is 0. The van der Waals surface area contributed by atoms with E-state index in [0.29, 0.717) is 0 Å². The van der Waals surface area contributed by atoms with E-state index in [2.05, 4.69) is 11.8 Å². The van der Waals surface area contributed by atoms with Crippen molar-refractivity contribution in [3.05, 3.63) is 34.9 Å². The largest absolute Gasteiger partial charge is 0.478 e. The molecule has 0 saturated carbocycles. The fraction of sp³-hybridized carbons (Fsp3) is 0.154. The van der Waals surface area contributed by atoms with Crippen LogP contribution >= 0.6 is 0 Å². The lowest BCUT2D eigenvalue weighted by atomic mass is 10.0. The Morgan fingerprint density at radius 1 is 1.17 bits per heavy atom. The summed E-state index contributed by atoms with van der Waals surface area (Å²) in [6.45, 7) is 1.63. The van der Waals surface area contributed by atoms with Crippen LogP contribution in [0.3, 0.4) is 0 Å². The number of carboxylic acids is 2. The average Bonchev–Trinajstić information content (AvgIpc) is 2.34. The van der Waals surface area contributed by atoms with Gasteiger partial charge in [-0.3, -0.25) is 4.79 Å². The van der Waals surface area contributed by atoms with E-state index in [1.54, 1.807) is 6.92 Å². The molecule has 0 radical (unpaired) electrons. The molecule has 0 atom stereocenters. The van der Waals surface area contributed by atoms with Gasteiger partial charge in [-0.15, -0.1) is 0 Å². The number of carbonyl (C=O) groups is 3. The molecule has 92 valence electrons. The Bertz CT molecular complexity index is 575. The van der Waals surface area contributed by atoms with Crippen molar-refractivity contribution >= 4 is 17.7 Å². The second-order valence-corrected chi connectivity index (χ2v) is 3.37. The van der Waals surface area contributed by atoms with E-state index in [9.17, 15) is 14.4 Å². The number of carboxylic acid groups (broad SMARTS) is 2. The molecule has 0 aliphatic rings. The van der Waals surface area contributed by atoms with Gasteiger partial charge in [-0.1, -0.05) is 18.9 Å². The number of carbonyl (C=O) groups excluding carboxylic acids is 1. The third-order valence-electron chi connectivity index (χ3n) is 2.17. The molecule has 0 aliphatic carbocycles. The molecule has 18 heavy (non-hydrogen) atoms. The number of rotatable bonds is 3. The Balaban J connectivity index is 3.39. The van der Waals surface area contributed by atoms with Crippen LogP contribution < -0.4 is 0 Å². The lowest BCUT2D eigenvalue weighted by Crippen LogP contribution is -2.10. The molecule has 0 bridgehead atoms. The SMILES string of the molecule is CCC(=O)C#Cc1cccc(C(=O)O)c1C(=O)O. The highest BCUT2D eigenvalue weighted by molar-refractivity contribution is 6.04. The fourth-order valence-corrected chi connectivity index (χ4v) is 1.29. The number of ketones is 1. The number of hydrogen-bond donors (Lipinski definition) is 2. The normalized spacial score (nSPS) is 9.17. The van der Waals surface area contributed by atoms with Gasteiger partial charge >= 0.3 is 11.9 Å². The minimum atomic E-state index is -1.39. The molecule has 0 unspecified atom stereocenters. The Hall–Kier alpha value is -2.61. The van der Waals surface area contributed by atoms with E-state index in [1.165, 1.54) is 18.2 Å². The molecule has 0 saturated heterocycles. The zero-order valence-electron chi connectivity index (χ0n) is 9.56. The van der Waals surface area contributed by atoms with E-state index < -0.39 is 17.5 Å². The van der Waals surface area contributed by atoms with Gasteiger partial charge in [0.15, 0.2) is 0 Å². The van der Waals surface area contributed by atoms with Gasteiger partial charge in [-0.2, -0.15) is 0 Å². The predicted molar refractivity (Wildman–Crippen MR) is 62.5 cm³/mol. The quantitative estimate of drug-likeness (QED) is 0.787. The van der Waals surface area contributed by atoms with Gasteiger partial charge < -0.3 is 10.2 Å². The second kappa shape index (κ2) is 5.64. The van der Waals surface area contributed by atoms with Crippen molar-refractivity contribution in [2.24, 2.45) is 0 Å². The Morgan fingerprint density at radius 2 is 1.83 bits per heavy atom. The van der Waals surface area contributed by atoms with Crippen molar-refractivity contribution in [3.8, 4) is 11.8 Å². The summed E-state index contributed by atoms with van der Waals surface area (Å²) in [4.78, 5) is 33.0. The Morgan fingerprint density at radius 3 is 2.33 bits per heavy atom. The van der Waals surface area contributed by atoms with E-state index in [0.717, 1.165) is 0 Å². The fourth-order valence-electron chi connectivity index (χ4n) is 1.29. The van der Waals surface area contributed by atoms with Crippen LogP contribution in [0.15, 0.2) is 18.2 Å². The second-order valence-electron chi connectivity index (χ2n) is 3.37. The topological polar surface area (TPSA) is 91.7 Å². The summed E-state index contributed by atoms with van der Waals surface area (Å²) in [6.07, 6.45) is 0.216. The standard InChI is InChI=1S/C13H10O5/c1-2-9(14)7-6-8-4-3-5-10(12(15)16)11(8)13(17)18/h3-5H,2H2,1H3,(H,15,16)(H,17,18). The highest BCUT2D eigenvalue weighted by Gasteiger charge is 2.18. The first kappa shape index (κ1) is 13.5. The number of hydrogen-bond acceptors (Lipinski definition) is 3. The number of benzene rings is 1. The predicted octanol–water partition coefficient (Wildman–Crippen LogP) is 1.41. The molecule has 1 aromatic carbocycles. The van der Waals surface area contributed by atoms with Gasteiger partial charge in [-0.05, 0) is 18.1 Å². The van der Waals surface area contributed by atoms with Crippen LogP contribution in [-0.2, 0) is 4.79 Å². The maximum Gasteiger partial charge on any atom is 0.337 e. The van der Waals surface area contributed by atoms with E-state index in [1.807, 2.05) is 0 Å². The van der Waals surface area contributed by atoms with E-state index >= 15 is 0 Å². The number of Topliss-reactive ketones (excluding diaryl/α,β-unsaturated/α-hetero) is 1. The Kier molecular flexibility index (Phi) is 4.22. The zero-order chi connectivity index (χ0) is 13.7. The average molecular weight is 246 g/mol. The number of aromatic carboxylic acids is 2. The smallest absolute Gasteiger partial charge is 0.337 e. The summed E-state index contributed by atoms with van der Waals surface area (Å²) in [5, 5.41) is 17.9. The van der Waals surface area contributed by atoms with Crippen LogP contribution in [0.5, 0.6) is 0 Å². The molecule has 0 aliphatic heterocycles. The van der Waals surface area contributed by atoms with Crippen LogP contribution in [-0.4, -0.2) is 27.9 Å². The first-order chi connectivity index (χ1) is 8.47. The first-order valence-electron chi connectivity index (χ1n) is 5.11. The summed E-state index contributed by atoms with van der Waals surface area (Å²) in [5.74, 6) is 1.58. The maximum atomic E-state index is 11.0. The summed E-state index contributed by atoms with van der Waals surface area (Å²) in [7, 11) is 0. The van der Waals surface area contributed by atoms with Crippen LogP contribution in [0.4, 0.5) is 0 Å². The highest BCUT2D eigenvalue weighted by Crippen LogP contribution is 2.14. The molecular formula is C13H10O5. The van der Waals surface area contributed by atoms with Gasteiger partial charge in [-0.25, -0.2) is 9.59 Å². The molecule has 1 rings (SSSR count). The third kappa shape index (κ3) is 2.95. The third-order valence-corrected chi connectivity index (χ3v) is 2.17. The molecule has 5 nitrogen and oxygen atoms in total. The van der Waals surface area contributed by atoms with Gasteiger partial charge in [0.2, 0.25) is 5.78 Å². The van der Waals surface area contributed by atoms with E-state index in [-0.39, 0.29) is 23.3 Å². The van der Waals surface area contributed by atoms with Crippen LogP contribution in [0.1, 0.15) is 39.6 Å². The summed E-state index contributed by atoms with van der Waals surface area (Å²) in [5.41, 5.74) is -0.733. The van der Waals surface area contributed by atoms with Crippen molar-refractivity contribution < 1.29 is 24.6 Å². The molecular weight excluding hydrogens is 236 g/mol. The van der Waals surface area contributed by atoms with Crippen molar-refractivity contribution in [2.75, 3.05) is 0 Å². The Labute approximate surface area is 103 Å². The van der Waals surface area contributed by atoms with E-state index in [4.69, 9.17) is 10.2 Å². The van der Waals surface area contributed by atoms with Gasteiger partial charge in [0, 0.05) is 12.0 Å². The van der Waals surface area contributed by atoms with Crippen molar-refractivity contribution in [1.82, 2.24) is 0 Å². The maximum absolute atomic E-state index is 11.0. The summed E-state index contributed by atoms with van der Waals surface area (Å²) >= 11 is 0. The molecule has 0 amide bonds. The minimum Gasteiger partial charge on any atom is -0.478 e.